The van der Waals surface area contributed by atoms with E-state index in [1.54, 1.807) is 42.9 Å². The van der Waals surface area contributed by atoms with Gasteiger partial charge in [0, 0.05) is 0 Å². The Morgan fingerprint density at radius 2 is 1.91 bits per heavy atom. The number of phenols is 1. The van der Waals surface area contributed by atoms with Crippen molar-refractivity contribution in [3.05, 3.63) is 107 Å². The molecule has 2 atom stereocenters. The molecule has 43 heavy (non-hydrogen) atoms. The fourth-order valence-corrected chi connectivity index (χ4v) is 5.28. The van der Waals surface area contributed by atoms with Gasteiger partial charge in [-0.25, -0.2) is 4.39 Å². The minimum Gasteiger partial charge on any atom is -0.502 e. The van der Waals surface area contributed by atoms with Crippen molar-refractivity contribution in [2.45, 2.75) is 32.9 Å². The van der Waals surface area contributed by atoms with Gasteiger partial charge in [-0.3, -0.25) is 10.1 Å². The van der Waals surface area contributed by atoms with Crippen LogP contribution in [0.5, 0.6) is 17.2 Å². The lowest BCUT2D eigenvalue weighted by molar-refractivity contribution is -0.122. The molecule has 0 saturated heterocycles. The number of nitrogens with one attached hydrogen (secondary N) is 2. The molecule has 1 aliphatic carbocycles. The molecule has 9 heteroatoms. The Morgan fingerprint density at radius 3 is 2.60 bits per heavy atom. The van der Waals surface area contributed by atoms with Crippen molar-refractivity contribution in [2.75, 3.05) is 20.8 Å². The van der Waals surface area contributed by atoms with Gasteiger partial charge in [0.1, 0.15) is 23.4 Å². The number of hydrogen-bond acceptors (Lipinski definition) is 7. The molecule has 8 nitrogen and oxygen atoms in total. The summed E-state index contributed by atoms with van der Waals surface area (Å²) in [5, 5.41) is 16.7. The maximum atomic E-state index is 14.7. The lowest BCUT2D eigenvalue weighted by Gasteiger charge is -2.22. The third-order valence-corrected chi connectivity index (χ3v) is 7.58. The Balaban J connectivity index is 1.57. The number of benzene rings is 2. The van der Waals surface area contributed by atoms with Crippen molar-refractivity contribution in [1.29, 1.82) is 0 Å². The van der Waals surface area contributed by atoms with Gasteiger partial charge in [-0.1, -0.05) is 13.0 Å². The van der Waals surface area contributed by atoms with Gasteiger partial charge in [0.05, 0.1) is 39.8 Å². The molecule has 2 aliphatic rings. The van der Waals surface area contributed by atoms with E-state index in [9.17, 15) is 14.3 Å². The quantitative estimate of drug-likeness (QED) is 0.260. The van der Waals surface area contributed by atoms with Gasteiger partial charge in [-0.15, -0.1) is 0 Å². The number of amides is 1. The predicted molar refractivity (Wildman–Crippen MR) is 163 cm³/mol. The van der Waals surface area contributed by atoms with Gasteiger partial charge < -0.3 is 29.1 Å². The summed E-state index contributed by atoms with van der Waals surface area (Å²) in [4.78, 5) is 13.8. The maximum absolute atomic E-state index is 14.7. The average molecular weight is 587 g/mol. The summed E-state index contributed by atoms with van der Waals surface area (Å²) in [6.45, 7) is 4.49. The average Bonchev–Trinajstić information content (AvgIpc) is 3.55. The molecule has 2 heterocycles. The van der Waals surface area contributed by atoms with Crippen LogP contribution in [0.25, 0.3) is 17.2 Å². The molecule has 2 aromatic carbocycles. The first-order chi connectivity index (χ1) is 20.8. The minimum absolute atomic E-state index is 0.106. The van der Waals surface area contributed by atoms with E-state index in [4.69, 9.17) is 18.6 Å². The van der Waals surface area contributed by atoms with Crippen LogP contribution in [0.1, 0.15) is 42.7 Å². The van der Waals surface area contributed by atoms with Gasteiger partial charge in [0.2, 0.25) is 11.7 Å². The zero-order chi connectivity index (χ0) is 30.5. The number of aromatic hydroxyl groups is 1. The van der Waals surface area contributed by atoms with Crippen LogP contribution in [-0.4, -0.2) is 37.8 Å². The van der Waals surface area contributed by atoms with Crippen LogP contribution < -0.4 is 20.1 Å². The van der Waals surface area contributed by atoms with E-state index in [-0.39, 0.29) is 36.2 Å². The molecule has 1 aromatic heterocycles. The highest BCUT2D eigenvalue weighted by atomic mass is 19.1. The number of carbonyl (C=O) groups excluding carboxylic acids is 1. The van der Waals surface area contributed by atoms with E-state index in [1.807, 2.05) is 25.2 Å². The first-order valence-corrected chi connectivity index (χ1v) is 14.0. The number of furan rings is 1. The predicted octanol–water partition coefficient (Wildman–Crippen LogP) is 6.20. The Bertz CT molecular complexity index is 1590. The van der Waals surface area contributed by atoms with Crippen molar-refractivity contribution in [2.24, 2.45) is 5.92 Å². The second kappa shape index (κ2) is 13.0. The minimum atomic E-state index is -0.848. The first kappa shape index (κ1) is 29.7. The van der Waals surface area contributed by atoms with Crippen molar-refractivity contribution >= 4 is 23.1 Å². The molecule has 3 aromatic rings. The second-order valence-electron chi connectivity index (χ2n) is 10.5. The number of ether oxygens (including phenoxy) is 3. The zero-order valence-corrected chi connectivity index (χ0v) is 24.6. The fraction of sp³-hybridized carbons (Fsp3) is 0.265. The number of allylic oxidation sites excluding steroid dienone is 4. The lowest BCUT2D eigenvalue weighted by Crippen LogP contribution is -2.45. The summed E-state index contributed by atoms with van der Waals surface area (Å²) in [5.41, 5.74) is 4.31. The van der Waals surface area contributed by atoms with Gasteiger partial charge in [0.15, 0.2) is 11.5 Å². The standard InChI is InChI=1S/C34H35FN2O6/c1-20-7-9-25(43-13-11-20)18-36-32(34(39)37-19-24-6-5-12-42-24)31-21(2)27(26-10-8-23(35)17-28(26)31)14-22-15-29(40-3)33(38)30(16-22)41-4/h5-6,8-17,20,32,36,38H,7,18-19H2,1-4H3,(H,37,39)/b27-14-. The van der Waals surface area contributed by atoms with E-state index < -0.39 is 11.9 Å². The van der Waals surface area contributed by atoms with Crippen LogP contribution in [0.15, 0.2) is 82.9 Å². The molecule has 1 amide bonds. The number of hydrogen-bond donors (Lipinski definition) is 3. The number of rotatable bonds is 10. The normalized spacial score (nSPS) is 17.7. The zero-order valence-electron chi connectivity index (χ0n) is 24.6. The molecular weight excluding hydrogens is 551 g/mol. The topological polar surface area (TPSA) is 102 Å². The molecule has 5 rings (SSSR count). The Kier molecular flexibility index (Phi) is 9.01. The van der Waals surface area contributed by atoms with Crippen LogP contribution in [0, 0.1) is 11.7 Å². The van der Waals surface area contributed by atoms with Crippen LogP contribution in [-0.2, 0) is 16.1 Å². The fourth-order valence-electron chi connectivity index (χ4n) is 5.28. The molecule has 0 radical (unpaired) electrons. The third-order valence-electron chi connectivity index (χ3n) is 7.58. The molecule has 3 N–H and O–H groups in total. The molecule has 0 spiro atoms. The lowest BCUT2D eigenvalue weighted by atomic mass is 9.97. The van der Waals surface area contributed by atoms with Crippen molar-refractivity contribution in [1.82, 2.24) is 10.6 Å². The van der Waals surface area contributed by atoms with Crippen molar-refractivity contribution in [3.63, 3.8) is 0 Å². The van der Waals surface area contributed by atoms with E-state index in [2.05, 4.69) is 17.6 Å². The molecule has 0 fully saturated rings. The number of carbonyl (C=O) groups is 1. The number of halogens is 1. The summed E-state index contributed by atoms with van der Waals surface area (Å²) in [6, 6.07) is 10.6. The third kappa shape index (κ3) is 6.52. The van der Waals surface area contributed by atoms with Gasteiger partial charge >= 0.3 is 0 Å². The maximum Gasteiger partial charge on any atom is 0.242 e. The Hall–Kier alpha value is -4.76. The van der Waals surface area contributed by atoms with Gasteiger partial charge in [0.25, 0.3) is 0 Å². The summed E-state index contributed by atoms with van der Waals surface area (Å²) in [5.74, 6) is 1.33. The molecular formula is C34H35FN2O6. The highest BCUT2D eigenvalue weighted by Crippen LogP contribution is 2.45. The Morgan fingerprint density at radius 1 is 1.14 bits per heavy atom. The molecule has 0 saturated carbocycles. The smallest absolute Gasteiger partial charge is 0.242 e. The van der Waals surface area contributed by atoms with Crippen LogP contribution >= 0.6 is 0 Å². The van der Waals surface area contributed by atoms with Crippen molar-refractivity contribution in [3.8, 4) is 17.2 Å². The number of fused-ring (bicyclic) bond motifs is 1. The molecule has 1 aliphatic heterocycles. The van der Waals surface area contributed by atoms with Gasteiger partial charge in [-0.05, 0) is 107 Å². The molecule has 224 valence electrons. The molecule has 2 unspecified atom stereocenters. The highest BCUT2D eigenvalue weighted by molar-refractivity contribution is 6.11. The SMILES string of the molecule is COc1cc(/C=C2/C(C)=C(C(NCC3=CCC(C)C=CO3)C(=O)NCc3ccco3)c3cc(F)ccc32)cc(OC)c1O. The monoisotopic (exact) mass is 586 g/mol. The highest BCUT2D eigenvalue weighted by Gasteiger charge is 2.34. The summed E-state index contributed by atoms with van der Waals surface area (Å²) >= 11 is 0. The largest absolute Gasteiger partial charge is 0.502 e. The summed E-state index contributed by atoms with van der Waals surface area (Å²) in [7, 11) is 2.92. The van der Waals surface area contributed by atoms with E-state index in [0.717, 1.165) is 23.1 Å². The van der Waals surface area contributed by atoms with Crippen LogP contribution in [0.4, 0.5) is 4.39 Å². The Labute approximate surface area is 250 Å². The summed E-state index contributed by atoms with van der Waals surface area (Å²) < 4.78 is 36.6. The first-order valence-electron chi connectivity index (χ1n) is 14.0. The van der Waals surface area contributed by atoms with E-state index >= 15 is 0 Å². The molecule has 0 bridgehead atoms. The van der Waals surface area contributed by atoms with E-state index in [0.29, 0.717) is 34.1 Å². The summed E-state index contributed by atoms with van der Waals surface area (Å²) in [6.07, 6.45) is 9.94. The van der Waals surface area contributed by atoms with Gasteiger partial charge in [-0.2, -0.15) is 0 Å². The second-order valence-corrected chi connectivity index (χ2v) is 10.5. The van der Waals surface area contributed by atoms with E-state index in [1.165, 1.54) is 26.4 Å². The van der Waals surface area contributed by atoms with Crippen molar-refractivity contribution < 1.29 is 32.9 Å². The number of phenolic OH excluding ortho intramolecular Hbond substituents is 1. The van der Waals surface area contributed by atoms with Crippen LogP contribution in [0.2, 0.25) is 0 Å². The van der Waals surface area contributed by atoms with Crippen LogP contribution in [0.3, 0.4) is 0 Å². The number of methoxy groups -OCH3 is 2.